The van der Waals surface area contributed by atoms with Gasteiger partial charge in [0.05, 0.1) is 11.1 Å². The molecule has 1 saturated heterocycles. The van der Waals surface area contributed by atoms with Crippen LogP contribution in [-0.4, -0.2) is 34.7 Å². The molecule has 1 unspecified atom stereocenters. The second-order valence-electron chi connectivity index (χ2n) is 9.29. The lowest BCUT2D eigenvalue weighted by Crippen LogP contribution is -2.45. The summed E-state index contributed by atoms with van der Waals surface area (Å²) in [6, 6.07) is 11.6. The van der Waals surface area contributed by atoms with Crippen molar-refractivity contribution in [2.24, 2.45) is 5.92 Å². The van der Waals surface area contributed by atoms with Gasteiger partial charge in [0.25, 0.3) is 5.79 Å². The van der Waals surface area contributed by atoms with E-state index in [-0.39, 0.29) is 18.1 Å². The molecule has 0 spiro atoms. The SMILES string of the molecule is CC(C)(C)OC(=O)N1CCC(C2O[C@](C)(c3ccc(Cl)cn3)Oc3ccccc32)CC1. The van der Waals surface area contributed by atoms with Crippen LogP contribution < -0.4 is 4.74 Å². The van der Waals surface area contributed by atoms with Crippen LogP contribution in [-0.2, 0) is 15.3 Å². The lowest BCUT2D eigenvalue weighted by atomic mass is 9.86. The van der Waals surface area contributed by atoms with Crippen molar-refractivity contribution in [3.8, 4) is 5.75 Å². The molecule has 0 radical (unpaired) electrons. The summed E-state index contributed by atoms with van der Waals surface area (Å²) >= 11 is 6.02. The van der Waals surface area contributed by atoms with Crippen LogP contribution in [0.25, 0.3) is 0 Å². The third-order valence-electron chi connectivity index (χ3n) is 5.69. The highest BCUT2D eigenvalue weighted by Crippen LogP contribution is 2.48. The van der Waals surface area contributed by atoms with E-state index in [4.69, 9.17) is 25.8 Å². The second-order valence-corrected chi connectivity index (χ2v) is 9.73. The fourth-order valence-electron chi connectivity index (χ4n) is 4.17. The van der Waals surface area contributed by atoms with Crippen molar-refractivity contribution in [1.82, 2.24) is 9.88 Å². The van der Waals surface area contributed by atoms with E-state index < -0.39 is 11.4 Å². The first-order chi connectivity index (χ1) is 14.6. The number of nitrogens with zero attached hydrogens (tertiary/aromatic N) is 2. The lowest BCUT2D eigenvalue weighted by molar-refractivity contribution is -0.244. The Bertz CT molecular complexity index is 935. The largest absolute Gasteiger partial charge is 0.456 e. The van der Waals surface area contributed by atoms with Gasteiger partial charge in [-0.2, -0.15) is 0 Å². The van der Waals surface area contributed by atoms with Crippen LogP contribution in [0, 0.1) is 5.92 Å². The number of pyridine rings is 1. The standard InChI is InChI=1S/C24H29ClN2O4/c1-23(2,3)31-22(28)27-13-11-16(12-14-27)21-18-7-5-6-8-19(18)29-24(4,30-21)20-10-9-17(25)15-26-20/h5-10,15-16,21H,11-14H2,1-4H3/t21?,24-/m1/s1. The zero-order valence-electron chi connectivity index (χ0n) is 18.4. The molecule has 166 valence electrons. The Balaban J connectivity index is 1.54. The van der Waals surface area contributed by atoms with E-state index in [1.54, 1.807) is 17.2 Å². The van der Waals surface area contributed by atoms with Crippen molar-refractivity contribution in [3.05, 3.63) is 58.9 Å². The van der Waals surface area contributed by atoms with Gasteiger partial charge < -0.3 is 19.1 Å². The molecular weight excluding hydrogens is 416 g/mol. The minimum absolute atomic E-state index is 0.159. The van der Waals surface area contributed by atoms with E-state index in [2.05, 4.69) is 11.1 Å². The summed E-state index contributed by atoms with van der Waals surface area (Å²) < 4.78 is 18.4. The Morgan fingerprint density at radius 1 is 1.19 bits per heavy atom. The average Bonchev–Trinajstić information content (AvgIpc) is 2.72. The number of piperidine rings is 1. The molecule has 1 fully saturated rings. The van der Waals surface area contributed by atoms with Gasteiger partial charge in [0.1, 0.15) is 17.0 Å². The minimum Gasteiger partial charge on any atom is -0.456 e. The third kappa shape index (κ3) is 4.80. The van der Waals surface area contributed by atoms with Crippen LogP contribution in [0.3, 0.4) is 0 Å². The number of halogens is 1. The number of hydrogen-bond acceptors (Lipinski definition) is 5. The fraction of sp³-hybridized carbons (Fsp3) is 0.500. The maximum Gasteiger partial charge on any atom is 0.410 e. The highest BCUT2D eigenvalue weighted by atomic mass is 35.5. The molecule has 0 bridgehead atoms. The van der Waals surface area contributed by atoms with Crippen molar-refractivity contribution in [1.29, 1.82) is 0 Å². The van der Waals surface area contributed by atoms with Gasteiger partial charge in [0.2, 0.25) is 0 Å². The van der Waals surface area contributed by atoms with E-state index in [0.717, 1.165) is 24.2 Å². The number of amides is 1. The Labute approximate surface area is 188 Å². The second kappa shape index (κ2) is 8.32. The van der Waals surface area contributed by atoms with Crippen molar-refractivity contribution >= 4 is 17.7 Å². The van der Waals surface area contributed by atoms with Gasteiger partial charge in [-0.15, -0.1) is 0 Å². The number of carbonyl (C=O) groups is 1. The quantitative estimate of drug-likeness (QED) is 0.594. The highest BCUT2D eigenvalue weighted by molar-refractivity contribution is 6.30. The maximum absolute atomic E-state index is 12.4. The predicted octanol–water partition coefficient (Wildman–Crippen LogP) is 5.71. The first-order valence-corrected chi connectivity index (χ1v) is 11.1. The average molecular weight is 445 g/mol. The van der Waals surface area contributed by atoms with E-state index in [9.17, 15) is 4.79 Å². The number of aromatic nitrogens is 1. The number of rotatable bonds is 2. The molecule has 0 aliphatic carbocycles. The third-order valence-corrected chi connectivity index (χ3v) is 5.92. The van der Waals surface area contributed by atoms with E-state index in [1.165, 1.54) is 0 Å². The zero-order chi connectivity index (χ0) is 22.2. The van der Waals surface area contributed by atoms with Gasteiger partial charge in [-0.3, -0.25) is 4.98 Å². The number of likely N-dealkylation sites (tertiary alicyclic amines) is 1. The summed E-state index contributed by atoms with van der Waals surface area (Å²) in [5.74, 6) is 0.0225. The molecular formula is C24H29ClN2O4. The first kappa shape index (κ1) is 21.9. The molecule has 2 atom stereocenters. The molecule has 7 heteroatoms. The molecule has 1 aromatic carbocycles. The summed E-state index contributed by atoms with van der Waals surface area (Å²) in [6.07, 6.45) is 2.83. The highest BCUT2D eigenvalue weighted by Gasteiger charge is 2.44. The number of benzene rings is 1. The van der Waals surface area contributed by atoms with Crippen LogP contribution in [0.4, 0.5) is 4.79 Å². The zero-order valence-corrected chi connectivity index (χ0v) is 19.2. The molecule has 1 amide bonds. The predicted molar refractivity (Wildman–Crippen MR) is 118 cm³/mol. The van der Waals surface area contributed by atoms with Crippen molar-refractivity contribution in [2.75, 3.05) is 13.1 Å². The Morgan fingerprint density at radius 3 is 2.55 bits per heavy atom. The van der Waals surface area contributed by atoms with Crippen molar-refractivity contribution < 1.29 is 19.0 Å². The molecule has 6 nitrogen and oxygen atoms in total. The first-order valence-electron chi connectivity index (χ1n) is 10.7. The molecule has 2 aliphatic rings. The van der Waals surface area contributed by atoms with Crippen molar-refractivity contribution in [3.63, 3.8) is 0 Å². The molecule has 0 N–H and O–H groups in total. The number of fused-ring (bicyclic) bond motifs is 1. The summed E-state index contributed by atoms with van der Waals surface area (Å²) in [6.45, 7) is 8.82. The van der Waals surface area contributed by atoms with Crippen LogP contribution in [0.15, 0.2) is 42.6 Å². The molecule has 0 saturated carbocycles. The normalized spacial score (nSPS) is 24.3. The van der Waals surface area contributed by atoms with E-state index in [1.807, 2.05) is 52.0 Å². The number of hydrogen-bond donors (Lipinski definition) is 0. The topological polar surface area (TPSA) is 60.9 Å². The Morgan fingerprint density at radius 2 is 1.90 bits per heavy atom. The number of para-hydroxylation sites is 1. The van der Waals surface area contributed by atoms with Gasteiger partial charge in [-0.25, -0.2) is 4.79 Å². The van der Waals surface area contributed by atoms with Gasteiger partial charge in [0, 0.05) is 31.8 Å². The molecule has 2 aliphatic heterocycles. The van der Waals surface area contributed by atoms with Crippen LogP contribution >= 0.6 is 11.6 Å². The summed E-state index contributed by atoms with van der Waals surface area (Å²) in [5.41, 5.74) is 1.21. The molecule has 1 aromatic heterocycles. The van der Waals surface area contributed by atoms with Crippen LogP contribution in [0.2, 0.25) is 5.02 Å². The number of ether oxygens (including phenoxy) is 3. The van der Waals surface area contributed by atoms with Crippen LogP contribution in [0.5, 0.6) is 5.75 Å². The van der Waals surface area contributed by atoms with Gasteiger partial charge >= 0.3 is 6.09 Å². The molecule has 3 heterocycles. The molecule has 2 aromatic rings. The summed E-state index contributed by atoms with van der Waals surface area (Å²) in [5, 5.41) is 0.564. The van der Waals surface area contributed by atoms with Gasteiger partial charge in [-0.05, 0) is 57.7 Å². The Kier molecular flexibility index (Phi) is 5.88. The van der Waals surface area contributed by atoms with E-state index >= 15 is 0 Å². The molecule has 4 rings (SSSR count). The lowest BCUT2D eigenvalue weighted by Gasteiger charge is -2.44. The number of carbonyl (C=O) groups excluding carboxylic acids is 1. The van der Waals surface area contributed by atoms with Gasteiger partial charge in [0.15, 0.2) is 0 Å². The van der Waals surface area contributed by atoms with Crippen molar-refractivity contribution in [2.45, 2.75) is 58.0 Å². The van der Waals surface area contributed by atoms with Crippen LogP contribution in [0.1, 0.15) is 57.9 Å². The summed E-state index contributed by atoms with van der Waals surface area (Å²) in [7, 11) is 0. The van der Waals surface area contributed by atoms with E-state index in [0.29, 0.717) is 23.8 Å². The maximum atomic E-state index is 12.4. The summed E-state index contributed by atoms with van der Waals surface area (Å²) in [4.78, 5) is 18.7. The monoisotopic (exact) mass is 444 g/mol. The minimum atomic E-state index is -1.02. The fourth-order valence-corrected chi connectivity index (χ4v) is 4.28. The smallest absolute Gasteiger partial charge is 0.410 e. The van der Waals surface area contributed by atoms with Gasteiger partial charge in [-0.1, -0.05) is 29.8 Å². The Hall–Kier alpha value is -2.31. The molecule has 31 heavy (non-hydrogen) atoms.